The molecule has 0 radical (unpaired) electrons. The number of sulfonamides is 1. The second kappa shape index (κ2) is 12.2. The number of aliphatic hydroxyl groups is 1. The van der Waals surface area contributed by atoms with Gasteiger partial charge in [-0.3, -0.25) is 14.4 Å². The van der Waals surface area contributed by atoms with Gasteiger partial charge in [0.05, 0.1) is 28.2 Å². The van der Waals surface area contributed by atoms with Gasteiger partial charge < -0.3 is 20.1 Å². The quantitative estimate of drug-likeness (QED) is 0.191. The summed E-state index contributed by atoms with van der Waals surface area (Å²) in [6.45, 7) is 0.871. The molecule has 2 rings (SSSR count). The van der Waals surface area contributed by atoms with E-state index >= 15 is 0 Å². The van der Waals surface area contributed by atoms with E-state index in [2.05, 4.69) is 4.74 Å². The summed E-state index contributed by atoms with van der Waals surface area (Å²) >= 11 is 0. The Morgan fingerprint density at radius 1 is 1.00 bits per heavy atom. The van der Waals surface area contributed by atoms with Crippen LogP contribution in [0.5, 0.6) is 5.75 Å². The topological polar surface area (TPSA) is 153 Å². The Balaban J connectivity index is 2.56. The van der Waals surface area contributed by atoms with Crippen LogP contribution in [0.1, 0.15) is 39.2 Å². The summed E-state index contributed by atoms with van der Waals surface area (Å²) in [7, 11) is -4.93. The van der Waals surface area contributed by atoms with E-state index in [0.717, 1.165) is 30.3 Å². The molecular weight excluding hydrogens is 602 g/mol. The number of aliphatic carboxylic acids is 1. The van der Waals surface area contributed by atoms with Crippen molar-refractivity contribution in [1.29, 1.82) is 0 Å². The van der Waals surface area contributed by atoms with E-state index in [0.29, 0.717) is 30.3 Å². The van der Waals surface area contributed by atoms with Crippen molar-refractivity contribution in [3.8, 4) is 5.75 Å². The number of carboxylic acids is 1. The third-order valence-corrected chi connectivity index (χ3v) is 8.03. The number of nitrogens with one attached hydrogen (secondary N) is 1. The van der Waals surface area contributed by atoms with Crippen LogP contribution in [0.4, 0.5) is 42.5 Å². The maximum atomic E-state index is 13.6. The minimum atomic E-state index is -4.95. The number of aromatic hydroxyl groups is 1. The number of benzene rings is 2. The molecule has 1 atom stereocenters. The molecule has 42 heavy (non-hydrogen) atoms. The van der Waals surface area contributed by atoms with Gasteiger partial charge in [0.1, 0.15) is 5.75 Å². The van der Waals surface area contributed by atoms with Crippen LogP contribution in [-0.2, 0) is 25.7 Å². The molecule has 0 aliphatic carbocycles. The Bertz CT molecular complexity index is 1410. The Hall–Kier alpha value is -3.73. The molecule has 0 fully saturated rings. The molecule has 234 valence electrons. The van der Waals surface area contributed by atoms with Gasteiger partial charge in [0.15, 0.2) is 0 Å². The predicted molar refractivity (Wildman–Crippen MR) is 136 cm³/mol. The minimum Gasteiger partial charge on any atom is -0.506 e. The first-order valence-corrected chi connectivity index (χ1v) is 13.4. The summed E-state index contributed by atoms with van der Waals surface area (Å²) in [5.74, 6) is -2.17. The molecule has 4 N–H and O–H groups in total. The highest BCUT2D eigenvalue weighted by molar-refractivity contribution is 7.92. The van der Waals surface area contributed by atoms with Gasteiger partial charge in [-0.2, -0.15) is 26.3 Å². The number of phenolic OH excluding ortho intramolecular Hbond substituents is 1. The average Bonchev–Trinajstić information content (AvgIpc) is 2.86. The first kappa shape index (κ1) is 34.5. The molecule has 0 aliphatic heterocycles. The second-order valence-corrected chi connectivity index (χ2v) is 11.8. The lowest BCUT2D eigenvalue weighted by atomic mass is 9.86. The third-order valence-electron chi connectivity index (χ3n) is 6.23. The van der Waals surface area contributed by atoms with Crippen molar-refractivity contribution in [2.75, 3.05) is 22.8 Å². The van der Waals surface area contributed by atoms with Gasteiger partial charge in [-0.1, -0.05) is 6.07 Å². The monoisotopic (exact) mass is 630 g/mol. The lowest BCUT2D eigenvalue weighted by molar-refractivity contribution is -0.242. The largest absolute Gasteiger partial charge is 0.506 e. The molecule has 0 unspecified atom stereocenters. The number of phenols is 1. The van der Waals surface area contributed by atoms with Gasteiger partial charge in [-0.15, -0.1) is 0 Å². The summed E-state index contributed by atoms with van der Waals surface area (Å²) in [6, 6.07) is 5.32. The molecule has 17 heteroatoms. The Labute approximate surface area is 236 Å². The zero-order valence-electron chi connectivity index (χ0n) is 22.4. The second-order valence-electron chi connectivity index (χ2n) is 9.96. The summed E-state index contributed by atoms with van der Waals surface area (Å²) in [4.78, 5) is 22.8. The molecule has 2 aromatic rings. The van der Waals surface area contributed by atoms with Crippen molar-refractivity contribution in [2.24, 2.45) is 5.41 Å². The van der Waals surface area contributed by atoms with Gasteiger partial charge in [0, 0.05) is 12.2 Å². The lowest BCUT2D eigenvalue weighted by Gasteiger charge is -2.29. The van der Waals surface area contributed by atoms with E-state index in [1.54, 1.807) is 0 Å². The SMILES string of the molecule is CC(C)(OC(=O)Nc1ccc(O)c(N(CCC[C@@](C)(CO)C(=O)O)S(=O)(=O)c2cccc(C(F)(F)F)c2)c1)C(F)(F)F. The highest BCUT2D eigenvalue weighted by atomic mass is 32.2. The van der Waals surface area contributed by atoms with Crippen LogP contribution in [0.15, 0.2) is 47.4 Å². The number of rotatable bonds is 11. The molecule has 0 saturated carbocycles. The van der Waals surface area contributed by atoms with Crippen molar-refractivity contribution < 1.29 is 64.4 Å². The molecule has 0 spiro atoms. The number of alkyl halides is 6. The standard InChI is InChI=1S/C25H28F6N2O8S/c1-22(2,25(29,30)31)41-21(38)32-16-8-9-19(35)18(13-16)33(11-5-10-23(3,14-34)20(36)37)42(39,40)17-7-4-6-15(12-17)24(26,27)28/h4,6-9,12-13,34-35H,5,10-11,14H2,1-3H3,(H,32,38)(H,36,37)/t23-/m0/s1. The Morgan fingerprint density at radius 2 is 1.62 bits per heavy atom. The van der Waals surface area contributed by atoms with Gasteiger partial charge in [0.2, 0.25) is 5.60 Å². The highest BCUT2D eigenvalue weighted by Gasteiger charge is 2.51. The summed E-state index contributed by atoms with van der Waals surface area (Å²) in [5.41, 5.74) is -6.91. The van der Waals surface area contributed by atoms with Crippen LogP contribution < -0.4 is 9.62 Å². The maximum absolute atomic E-state index is 13.6. The van der Waals surface area contributed by atoms with Gasteiger partial charge >= 0.3 is 24.4 Å². The molecule has 10 nitrogen and oxygen atoms in total. The number of nitrogens with zero attached hydrogens (tertiary/aromatic N) is 1. The number of anilines is 2. The Kier molecular flexibility index (Phi) is 10.1. The van der Waals surface area contributed by atoms with Gasteiger partial charge in [-0.25, -0.2) is 13.2 Å². The zero-order valence-corrected chi connectivity index (χ0v) is 23.2. The number of carbonyl (C=O) groups is 2. The molecule has 0 heterocycles. The molecular formula is C25H28F6N2O8S. The van der Waals surface area contributed by atoms with Crippen LogP contribution >= 0.6 is 0 Å². The minimum absolute atomic E-state index is 0.291. The highest BCUT2D eigenvalue weighted by Crippen LogP contribution is 2.38. The van der Waals surface area contributed by atoms with Crippen molar-refractivity contribution >= 4 is 33.5 Å². The number of carboxylic acid groups (broad SMARTS) is 1. The van der Waals surface area contributed by atoms with Crippen LogP contribution in [-0.4, -0.2) is 60.7 Å². The van der Waals surface area contributed by atoms with E-state index in [4.69, 9.17) is 0 Å². The summed E-state index contributed by atoms with van der Waals surface area (Å²) in [5, 5.41) is 31.4. The summed E-state index contributed by atoms with van der Waals surface area (Å²) in [6.07, 6.45) is -12.1. The number of carbonyl (C=O) groups excluding carboxylic acids is 1. The van der Waals surface area contributed by atoms with Gasteiger partial charge in [-0.05, 0) is 70.0 Å². The number of hydrogen-bond acceptors (Lipinski definition) is 7. The molecule has 2 aromatic carbocycles. The summed E-state index contributed by atoms with van der Waals surface area (Å²) < 4.78 is 111. The number of aliphatic hydroxyl groups excluding tert-OH is 1. The normalized spacial score (nSPS) is 14.1. The van der Waals surface area contributed by atoms with E-state index in [-0.39, 0.29) is 18.5 Å². The number of hydrogen-bond donors (Lipinski definition) is 4. The molecule has 0 bridgehead atoms. The number of amides is 1. The lowest BCUT2D eigenvalue weighted by Crippen LogP contribution is -2.44. The van der Waals surface area contributed by atoms with E-state index in [9.17, 15) is 59.7 Å². The zero-order chi connectivity index (χ0) is 32.3. The predicted octanol–water partition coefficient (Wildman–Crippen LogP) is 5.36. The smallest absolute Gasteiger partial charge is 0.427 e. The van der Waals surface area contributed by atoms with Crippen molar-refractivity contribution in [3.05, 3.63) is 48.0 Å². The molecule has 1 amide bonds. The average molecular weight is 631 g/mol. The van der Waals surface area contributed by atoms with Crippen molar-refractivity contribution in [2.45, 2.75) is 56.5 Å². The third kappa shape index (κ3) is 7.96. The van der Waals surface area contributed by atoms with E-state index in [1.165, 1.54) is 6.92 Å². The molecule has 0 aromatic heterocycles. The maximum Gasteiger partial charge on any atom is 0.427 e. The first-order chi connectivity index (χ1) is 19.0. The van der Waals surface area contributed by atoms with Crippen LogP contribution in [0.3, 0.4) is 0 Å². The fourth-order valence-corrected chi connectivity index (χ4v) is 4.99. The fraction of sp³-hybridized carbons (Fsp3) is 0.440. The van der Waals surface area contributed by atoms with Gasteiger partial charge in [0.25, 0.3) is 10.0 Å². The van der Waals surface area contributed by atoms with Crippen LogP contribution in [0.2, 0.25) is 0 Å². The van der Waals surface area contributed by atoms with E-state index in [1.807, 2.05) is 5.32 Å². The van der Waals surface area contributed by atoms with Crippen molar-refractivity contribution in [3.63, 3.8) is 0 Å². The Morgan fingerprint density at radius 3 is 2.14 bits per heavy atom. The van der Waals surface area contributed by atoms with E-state index < -0.39 is 80.5 Å². The van der Waals surface area contributed by atoms with Crippen LogP contribution in [0, 0.1) is 5.41 Å². The fourth-order valence-electron chi connectivity index (χ4n) is 3.43. The van der Waals surface area contributed by atoms with Crippen LogP contribution in [0.25, 0.3) is 0 Å². The van der Waals surface area contributed by atoms with Crippen molar-refractivity contribution in [1.82, 2.24) is 0 Å². The molecule has 0 saturated heterocycles. The number of ether oxygens (including phenoxy) is 1. The number of halogens is 6. The first-order valence-electron chi connectivity index (χ1n) is 12.0. The molecule has 0 aliphatic rings.